The maximum absolute atomic E-state index is 12.3. The van der Waals surface area contributed by atoms with E-state index in [4.69, 9.17) is 4.74 Å². The molecule has 2 amide bonds. The highest BCUT2D eigenvalue weighted by Crippen LogP contribution is 2.18. The van der Waals surface area contributed by atoms with E-state index < -0.39 is 0 Å². The topological polar surface area (TPSA) is 57.7 Å². The van der Waals surface area contributed by atoms with E-state index in [2.05, 4.69) is 21.3 Å². The SMILES string of the molecule is C[C@@H]1COCCN1C(=O)NCc1ccnc(N2CCCCC2)c1. The zero-order valence-electron chi connectivity index (χ0n) is 13.8. The Morgan fingerprint density at radius 1 is 1.35 bits per heavy atom. The van der Waals surface area contributed by atoms with Crippen molar-refractivity contribution in [2.75, 3.05) is 37.7 Å². The van der Waals surface area contributed by atoms with Gasteiger partial charge in [0.15, 0.2) is 0 Å². The molecule has 0 unspecified atom stereocenters. The van der Waals surface area contributed by atoms with Crippen molar-refractivity contribution in [3.8, 4) is 0 Å². The summed E-state index contributed by atoms with van der Waals surface area (Å²) in [5.41, 5.74) is 1.09. The number of amides is 2. The third kappa shape index (κ3) is 4.13. The summed E-state index contributed by atoms with van der Waals surface area (Å²) in [7, 11) is 0. The smallest absolute Gasteiger partial charge is 0.318 e. The maximum atomic E-state index is 12.3. The van der Waals surface area contributed by atoms with Crippen molar-refractivity contribution in [1.82, 2.24) is 15.2 Å². The first-order valence-corrected chi connectivity index (χ1v) is 8.56. The van der Waals surface area contributed by atoms with E-state index in [9.17, 15) is 4.79 Å². The molecule has 0 aliphatic carbocycles. The van der Waals surface area contributed by atoms with E-state index in [0.717, 1.165) is 24.5 Å². The Labute approximate surface area is 137 Å². The molecule has 3 rings (SSSR count). The quantitative estimate of drug-likeness (QED) is 0.926. The van der Waals surface area contributed by atoms with Gasteiger partial charge in [-0.2, -0.15) is 0 Å². The molecule has 0 bridgehead atoms. The molecule has 1 N–H and O–H groups in total. The highest BCUT2D eigenvalue weighted by atomic mass is 16.5. The molecule has 2 saturated heterocycles. The molecule has 6 heteroatoms. The van der Waals surface area contributed by atoms with E-state index in [1.807, 2.05) is 24.1 Å². The first-order chi connectivity index (χ1) is 11.2. The number of nitrogens with one attached hydrogen (secondary N) is 1. The number of ether oxygens (including phenoxy) is 1. The van der Waals surface area contributed by atoms with Gasteiger partial charge in [0, 0.05) is 32.4 Å². The second-order valence-corrected chi connectivity index (χ2v) is 6.35. The lowest BCUT2D eigenvalue weighted by molar-refractivity contribution is 0.0190. The van der Waals surface area contributed by atoms with E-state index in [1.165, 1.54) is 19.3 Å². The number of morpholine rings is 1. The number of rotatable bonds is 3. The molecule has 2 aliphatic heterocycles. The van der Waals surface area contributed by atoms with Crippen molar-refractivity contribution in [1.29, 1.82) is 0 Å². The predicted octanol–water partition coefficient (Wildman–Crippen LogP) is 2.00. The lowest BCUT2D eigenvalue weighted by Gasteiger charge is -2.33. The summed E-state index contributed by atoms with van der Waals surface area (Å²) >= 11 is 0. The second-order valence-electron chi connectivity index (χ2n) is 6.35. The number of nitrogens with zero attached hydrogens (tertiary/aromatic N) is 3. The molecular formula is C17H26N4O2. The van der Waals surface area contributed by atoms with E-state index >= 15 is 0 Å². The minimum Gasteiger partial charge on any atom is -0.377 e. The van der Waals surface area contributed by atoms with Gasteiger partial charge in [-0.1, -0.05) is 0 Å². The first kappa shape index (κ1) is 16.1. The number of carbonyl (C=O) groups is 1. The molecule has 23 heavy (non-hydrogen) atoms. The third-order valence-corrected chi connectivity index (χ3v) is 4.56. The normalized spacial score (nSPS) is 22.0. The average Bonchev–Trinajstić information content (AvgIpc) is 2.61. The Hall–Kier alpha value is -1.82. The van der Waals surface area contributed by atoms with E-state index in [1.54, 1.807) is 0 Å². The number of piperidine rings is 1. The first-order valence-electron chi connectivity index (χ1n) is 8.56. The molecule has 0 radical (unpaired) electrons. The van der Waals surface area contributed by atoms with Crippen molar-refractivity contribution in [2.45, 2.75) is 38.8 Å². The second kappa shape index (κ2) is 7.64. The van der Waals surface area contributed by atoms with Crippen LogP contribution in [0, 0.1) is 0 Å². The van der Waals surface area contributed by atoms with Crippen LogP contribution in [-0.4, -0.2) is 54.8 Å². The highest BCUT2D eigenvalue weighted by molar-refractivity contribution is 5.74. The fraction of sp³-hybridized carbons (Fsp3) is 0.647. The number of anilines is 1. The van der Waals surface area contributed by atoms with Crippen molar-refractivity contribution in [3.05, 3.63) is 23.9 Å². The lowest BCUT2D eigenvalue weighted by atomic mass is 10.1. The molecule has 1 aromatic heterocycles. The summed E-state index contributed by atoms with van der Waals surface area (Å²) < 4.78 is 5.37. The number of aromatic nitrogens is 1. The average molecular weight is 318 g/mol. The maximum Gasteiger partial charge on any atom is 0.318 e. The van der Waals surface area contributed by atoms with Crippen LogP contribution in [0.2, 0.25) is 0 Å². The van der Waals surface area contributed by atoms with Gasteiger partial charge in [0.25, 0.3) is 0 Å². The minimum atomic E-state index is -0.0165. The van der Waals surface area contributed by atoms with Crippen LogP contribution in [0.5, 0.6) is 0 Å². The Balaban J connectivity index is 1.56. The van der Waals surface area contributed by atoms with Gasteiger partial charge < -0.3 is 19.9 Å². The molecule has 126 valence electrons. The Morgan fingerprint density at radius 3 is 2.96 bits per heavy atom. The number of pyridine rings is 1. The molecule has 3 heterocycles. The molecule has 1 atom stereocenters. The monoisotopic (exact) mass is 318 g/mol. The van der Waals surface area contributed by atoms with E-state index in [0.29, 0.717) is 26.3 Å². The van der Waals surface area contributed by atoms with Crippen LogP contribution in [0.3, 0.4) is 0 Å². The summed E-state index contributed by atoms with van der Waals surface area (Å²) in [5.74, 6) is 1.02. The lowest BCUT2D eigenvalue weighted by Crippen LogP contribution is -2.51. The minimum absolute atomic E-state index is 0.0165. The molecule has 0 spiro atoms. The number of hydrogen-bond acceptors (Lipinski definition) is 4. The fourth-order valence-corrected chi connectivity index (χ4v) is 3.17. The zero-order valence-corrected chi connectivity index (χ0v) is 13.8. The Morgan fingerprint density at radius 2 is 2.17 bits per heavy atom. The van der Waals surface area contributed by atoms with E-state index in [-0.39, 0.29) is 12.1 Å². The van der Waals surface area contributed by atoms with Gasteiger partial charge in [-0.25, -0.2) is 9.78 Å². The van der Waals surface area contributed by atoms with Crippen LogP contribution in [0.1, 0.15) is 31.7 Å². The van der Waals surface area contributed by atoms with Crippen LogP contribution in [-0.2, 0) is 11.3 Å². The number of hydrogen-bond donors (Lipinski definition) is 1. The standard InChI is InChI=1S/C17H26N4O2/c1-14-13-23-10-9-21(14)17(22)19-12-15-5-6-18-16(11-15)20-7-3-2-4-8-20/h5-6,11,14H,2-4,7-10,12-13H2,1H3,(H,19,22)/t14-/m1/s1. The van der Waals surface area contributed by atoms with Crippen LogP contribution < -0.4 is 10.2 Å². The summed E-state index contributed by atoms with van der Waals surface area (Å²) in [4.78, 5) is 21.0. The summed E-state index contributed by atoms with van der Waals surface area (Å²) in [6.07, 6.45) is 5.61. The van der Waals surface area contributed by atoms with Crippen LogP contribution in [0.15, 0.2) is 18.3 Å². The molecule has 2 fully saturated rings. The molecule has 0 aromatic carbocycles. The summed E-state index contributed by atoms with van der Waals surface area (Å²) in [6.45, 7) is 6.59. The van der Waals surface area contributed by atoms with Crippen LogP contribution >= 0.6 is 0 Å². The van der Waals surface area contributed by atoms with Gasteiger partial charge in [0.1, 0.15) is 5.82 Å². The van der Waals surface area contributed by atoms with Gasteiger partial charge >= 0.3 is 6.03 Å². The Kier molecular flexibility index (Phi) is 5.33. The van der Waals surface area contributed by atoms with Crippen molar-refractivity contribution in [3.63, 3.8) is 0 Å². The van der Waals surface area contributed by atoms with Gasteiger partial charge in [-0.3, -0.25) is 0 Å². The molecule has 6 nitrogen and oxygen atoms in total. The molecule has 2 aliphatic rings. The van der Waals surface area contributed by atoms with Crippen molar-refractivity contribution in [2.24, 2.45) is 0 Å². The summed E-state index contributed by atoms with van der Waals surface area (Å²) in [6, 6.07) is 4.17. The Bertz CT molecular complexity index is 531. The zero-order chi connectivity index (χ0) is 16.1. The van der Waals surface area contributed by atoms with Gasteiger partial charge in [-0.15, -0.1) is 0 Å². The molecule has 0 saturated carbocycles. The van der Waals surface area contributed by atoms with Crippen LogP contribution in [0.4, 0.5) is 10.6 Å². The van der Waals surface area contributed by atoms with Crippen LogP contribution in [0.25, 0.3) is 0 Å². The molecular weight excluding hydrogens is 292 g/mol. The largest absolute Gasteiger partial charge is 0.377 e. The predicted molar refractivity (Wildman–Crippen MR) is 89.5 cm³/mol. The molecule has 1 aromatic rings. The van der Waals surface area contributed by atoms with Gasteiger partial charge in [0.2, 0.25) is 0 Å². The highest BCUT2D eigenvalue weighted by Gasteiger charge is 2.23. The van der Waals surface area contributed by atoms with Crippen molar-refractivity contribution >= 4 is 11.8 Å². The third-order valence-electron chi connectivity index (χ3n) is 4.56. The van der Waals surface area contributed by atoms with Gasteiger partial charge in [0.05, 0.1) is 19.3 Å². The van der Waals surface area contributed by atoms with Gasteiger partial charge in [-0.05, 0) is 43.9 Å². The number of carbonyl (C=O) groups excluding carboxylic acids is 1. The van der Waals surface area contributed by atoms with Crippen molar-refractivity contribution < 1.29 is 9.53 Å². The number of urea groups is 1. The fourth-order valence-electron chi connectivity index (χ4n) is 3.17. The summed E-state index contributed by atoms with van der Waals surface area (Å²) in [5, 5.41) is 3.01.